The van der Waals surface area contributed by atoms with E-state index in [9.17, 15) is 4.79 Å². The summed E-state index contributed by atoms with van der Waals surface area (Å²) < 4.78 is 8.07. The van der Waals surface area contributed by atoms with E-state index in [-0.39, 0.29) is 5.91 Å². The molecule has 1 amide bonds. The van der Waals surface area contributed by atoms with Crippen molar-refractivity contribution in [3.8, 4) is 5.75 Å². The molecule has 8 heteroatoms. The number of amides is 1. The highest BCUT2D eigenvalue weighted by atomic mass is 32.1. The number of carbonyl (C=O) groups excluding carboxylic acids is 1. The van der Waals surface area contributed by atoms with Gasteiger partial charge >= 0.3 is 0 Å². The number of methoxy groups -OCH3 is 1. The third-order valence-electron chi connectivity index (χ3n) is 4.20. The first-order valence-electron chi connectivity index (χ1n) is 8.31. The molecule has 0 bridgehead atoms. The molecule has 0 aliphatic rings. The number of fused-ring (bicyclic) bond motifs is 1. The van der Waals surface area contributed by atoms with Gasteiger partial charge in [-0.25, -0.2) is 4.98 Å². The number of ether oxygens (including phenoxy) is 1. The van der Waals surface area contributed by atoms with Gasteiger partial charge in [-0.3, -0.25) is 14.4 Å². The lowest BCUT2D eigenvalue weighted by Gasteiger charge is -2.21. The van der Waals surface area contributed by atoms with E-state index in [4.69, 9.17) is 9.72 Å². The van der Waals surface area contributed by atoms with Crippen molar-refractivity contribution in [2.75, 3.05) is 39.2 Å². The van der Waals surface area contributed by atoms with Crippen molar-refractivity contribution in [1.29, 1.82) is 0 Å². The molecule has 0 saturated carbocycles. The van der Waals surface area contributed by atoms with E-state index in [1.165, 1.54) is 11.3 Å². The third-order valence-corrected chi connectivity index (χ3v) is 5.41. The highest BCUT2D eigenvalue weighted by Crippen LogP contribution is 2.36. The van der Waals surface area contributed by atoms with Crippen molar-refractivity contribution in [3.05, 3.63) is 35.7 Å². The van der Waals surface area contributed by atoms with Gasteiger partial charge in [-0.1, -0.05) is 17.4 Å². The predicted octanol–water partition coefficient (Wildman–Crippen LogP) is 2.56. The van der Waals surface area contributed by atoms with Crippen LogP contribution in [0.25, 0.3) is 10.2 Å². The smallest absolute Gasteiger partial charge is 0.278 e. The minimum atomic E-state index is -0.109. The van der Waals surface area contributed by atoms with Crippen LogP contribution in [0.5, 0.6) is 5.75 Å². The van der Waals surface area contributed by atoms with Gasteiger partial charge in [0.25, 0.3) is 5.91 Å². The highest BCUT2D eigenvalue weighted by Gasteiger charge is 2.24. The van der Waals surface area contributed by atoms with Gasteiger partial charge in [-0.15, -0.1) is 0 Å². The van der Waals surface area contributed by atoms with Crippen LogP contribution in [0.4, 0.5) is 5.13 Å². The van der Waals surface area contributed by atoms with Gasteiger partial charge in [0.1, 0.15) is 17.0 Å². The van der Waals surface area contributed by atoms with Crippen LogP contribution in [0, 0.1) is 6.92 Å². The number of likely N-dealkylation sites (N-methyl/N-ethyl adjacent to an activating group) is 1. The molecule has 1 aromatic carbocycles. The normalized spacial score (nSPS) is 11.3. The monoisotopic (exact) mass is 373 g/mol. The second-order valence-electron chi connectivity index (χ2n) is 6.36. The molecule has 3 aromatic rings. The molecule has 138 valence electrons. The number of hydrogen-bond acceptors (Lipinski definition) is 6. The summed E-state index contributed by atoms with van der Waals surface area (Å²) in [6, 6.07) is 5.65. The molecule has 2 heterocycles. The van der Waals surface area contributed by atoms with Gasteiger partial charge < -0.3 is 9.64 Å². The molecular formula is C18H23N5O2S. The molecule has 0 radical (unpaired) electrons. The van der Waals surface area contributed by atoms with Crippen molar-refractivity contribution in [1.82, 2.24) is 19.7 Å². The summed E-state index contributed by atoms with van der Waals surface area (Å²) in [5.41, 5.74) is 2.44. The number of anilines is 1. The molecule has 0 aliphatic heterocycles. The number of aromatic nitrogens is 3. The van der Waals surface area contributed by atoms with E-state index in [2.05, 4.69) is 5.10 Å². The fraction of sp³-hybridized carbons (Fsp3) is 0.389. The maximum absolute atomic E-state index is 13.1. The quantitative estimate of drug-likeness (QED) is 0.664. The zero-order valence-corrected chi connectivity index (χ0v) is 16.5. The molecule has 0 aliphatic carbocycles. The molecule has 7 nitrogen and oxygen atoms in total. The van der Waals surface area contributed by atoms with Gasteiger partial charge in [0, 0.05) is 26.3 Å². The maximum Gasteiger partial charge on any atom is 0.278 e. The zero-order valence-electron chi connectivity index (χ0n) is 15.7. The maximum atomic E-state index is 13.1. The summed E-state index contributed by atoms with van der Waals surface area (Å²) in [5, 5.41) is 4.78. The van der Waals surface area contributed by atoms with Gasteiger partial charge in [-0.2, -0.15) is 5.10 Å². The van der Waals surface area contributed by atoms with Crippen LogP contribution in [0.15, 0.2) is 24.4 Å². The molecule has 2 aromatic heterocycles. The molecule has 0 spiro atoms. The number of rotatable bonds is 6. The van der Waals surface area contributed by atoms with Crippen molar-refractivity contribution < 1.29 is 9.53 Å². The number of aryl methyl sites for hydroxylation is 2. The van der Waals surface area contributed by atoms with Crippen LogP contribution in [0.1, 0.15) is 16.1 Å². The topological polar surface area (TPSA) is 63.5 Å². The number of nitrogens with zero attached hydrogens (tertiary/aromatic N) is 5. The Morgan fingerprint density at radius 2 is 2.04 bits per heavy atom. The average molecular weight is 373 g/mol. The molecule has 26 heavy (non-hydrogen) atoms. The Morgan fingerprint density at radius 3 is 2.65 bits per heavy atom. The van der Waals surface area contributed by atoms with E-state index < -0.39 is 0 Å². The lowest BCUT2D eigenvalue weighted by Crippen LogP contribution is -2.37. The van der Waals surface area contributed by atoms with E-state index in [1.54, 1.807) is 36.0 Å². The van der Waals surface area contributed by atoms with Crippen molar-refractivity contribution >= 4 is 32.6 Å². The first-order chi connectivity index (χ1) is 12.4. The number of benzene rings is 1. The van der Waals surface area contributed by atoms with E-state index in [1.807, 2.05) is 38.1 Å². The Morgan fingerprint density at radius 1 is 1.27 bits per heavy atom. The van der Waals surface area contributed by atoms with Gasteiger partial charge in [-0.05, 0) is 38.7 Å². The Balaban J connectivity index is 2.07. The van der Waals surface area contributed by atoms with Crippen molar-refractivity contribution in [2.45, 2.75) is 6.92 Å². The molecule has 3 rings (SSSR count). The Hall–Kier alpha value is -2.45. The summed E-state index contributed by atoms with van der Waals surface area (Å²) in [7, 11) is 7.37. The lowest BCUT2D eigenvalue weighted by atomic mass is 10.2. The molecule has 0 atom stereocenters. The first kappa shape index (κ1) is 18.3. The SMILES string of the molecule is COc1ccc(C)c2sc(N(CCN(C)C)C(=O)c3ccnn3C)nc12. The summed E-state index contributed by atoms with van der Waals surface area (Å²) in [6.45, 7) is 3.31. The fourth-order valence-corrected chi connectivity index (χ4v) is 3.76. The standard InChI is InChI=1S/C18H23N5O2S/c1-12-6-7-14(25-5)15-16(12)26-18(20-15)23(11-10-21(2)3)17(24)13-8-9-19-22(13)4/h6-9H,10-11H2,1-5H3. The molecule has 0 N–H and O–H groups in total. The highest BCUT2D eigenvalue weighted by molar-refractivity contribution is 7.22. The second kappa shape index (κ2) is 7.43. The van der Waals surface area contributed by atoms with Crippen LogP contribution < -0.4 is 9.64 Å². The predicted molar refractivity (Wildman–Crippen MR) is 104 cm³/mol. The number of hydrogen-bond donors (Lipinski definition) is 0. The van der Waals surface area contributed by atoms with E-state index in [0.29, 0.717) is 23.1 Å². The lowest BCUT2D eigenvalue weighted by molar-refractivity contribution is 0.0976. The van der Waals surface area contributed by atoms with E-state index >= 15 is 0 Å². The minimum absolute atomic E-state index is 0.109. The second-order valence-corrected chi connectivity index (χ2v) is 7.34. The summed E-state index contributed by atoms with van der Waals surface area (Å²) >= 11 is 1.51. The first-order valence-corrected chi connectivity index (χ1v) is 9.12. The fourth-order valence-electron chi connectivity index (χ4n) is 2.68. The Labute approximate surface area is 156 Å². The molecule has 0 saturated heterocycles. The van der Waals surface area contributed by atoms with Crippen LogP contribution in [-0.2, 0) is 7.05 Å². The van der Waals surface area contributed by atoms with Crippen LogP contribution in [-0.4, -0.2) is 59.9 Å². The van der Waals surface area contributed by atoms with Crippen LogP contribution in [0.2, 0.25) is 0 Å². The number of carbonyl (C=O) groups is 1. The average Bonchev–Trinajstić information content (AvgIpc) is 3.22. The summed E-state index contributed by atoms with van der Waals surface area (Å²) in [4.78, 5) is 21.6. The largest absolute Gasteiger partial charge is 0.494 e. The van der Waals surface area contributed by atoms with E-state index in [0.717, 1.165) is 22.3 Å². The number of thiazole rings is 1. The Bertz CT molecular complexity index is 931. The molecule has 0 unspecified atom stereocenters. The van der Waals surface area contributed by atoms with Crippen molar-refractivity contribution in [2.24, 2.45) is 7.05 Å². The summed E-state index contributed by atoms with van der Waals surface area (Å²) in [5.74, 6) is 0.608. The van der Waals surface area contributed by atoms with Gasteiger partial charge in [0.15, 0.2) is 5.13 Å². The molecule has 0 fully saturated rings. The van der Waals surface area contributed by atoms with Gasteiger partial charge in [0.2, 0.25) is 0 Å². The third kappa shape index (κ3) is 3.42. The molecular weight excluding hydrogens is 350 g/mol. The van der Waals surface area contributed by atoms with Crippen molar-refractivity contribution in [3.63, 3.8) is 0 Å². The minimum Gasteiger partial charge on any atom is -0.494 e. The van der Waals surface area contributed by atoms with Gasteiger partial charge in [0.05, 0.1) is 11.8 Å². The zero-order chi connectivity index (χ0) is 18.8. The Kier molecular flexibility index (Phi) is 5.24. The summed E-state index contributed by atoms with van der Waals surface area (Å²) in [6.07, 6.45) is 1.63. The van der Waals surface area contributed by atoms with Crippen LogP contribution >= 0.6 is 11.3 Å². The van der Waals surface area contributed by atoms with Crippen LogP contribution in [0.3, 0.4) is 0 Å².